The van der Waals surface area contributed by atoms with Gasteiger partial charge in [0, 0.05) is 11.8 Å². The van der Waals surface area contributed by atoms with Gasteiger partial charge in [0.1, 0.15) is 11.5 Å². The molecule has 2 amide bonds. The van der Waals surface area contributed by atoms with Crippen molar-refractivity contribution >= 4 is 23.5 Å². The number of imide groups is 1. The number of carbonyl (C=O) groups excluding carboxylic acids is 3. The Morgan fingerprint density at radius 3 is 2.64 bits per heavy atom. The molecule has 0 saturated carbocycles. The van der Waals surface area contributed by atoms with Gasteiger partial charge >= 0.3 is 5.97 Å². The number of nitrogens with one attached hydrogen (secondary N) is 1. The van der Waals surface area contributed by atoms with Crippen LogP contribution in [0.2, 0.25) is 0 Å². The summed E-state index contributed by atoms with van der Waals surface area (Å²) in [4.78, 5) is 36.7. The molecule has 0 bridgehead atoms. The lowest BCUT2D eigenvalue weighted by molar-refractivity contribution is -0.137. The van der Waals surface area contributed by atoms with E-state index in [4.69, 9.17) is 5.11 Å². The normalized spacial score (nSPS) is 13.5. The van der Waals surface area contributed by atoms with E-state index in [0.29, 0.717) is 16.8 Å². The van der Waals surface area contributed by atoms with Crippen LogP contribution in [0.3, 0.4) is 0 Å². The van der Waals surface area contributed by atoms with Gasteiger partial charge in [-0.3, -0.25) is 14.5 Å². The zero-order valence-corrected chi connectivity index (χ0v) is 14.9. The number of aliphatic hydroxyl groups excluding tert-OH is 1. The molecule has 0 unspecified atom stereocenters. The molecular weight excluding hydrogens is 367 g/mol. The highest BCUT2D eigenvalue weighted by Gasteiger charge is 2.30. The van der Waals surface area contributed by atoms with Crippen molar-refractivity contribution in [3.05, 3.63) is 65.6 Å². The molecule has 7 nitrogen and oxygen atoms in total. The third-order valence-corrected chi connectivity index (χ3v) is 4.18. The molecule has 0 aliphatic carbocycles. The predicted molar refractivity (Wildman–Crippen MR) is 98.7 cm³/mol. The monoisotopic (exact) mass is 384 g/mol. The number of nitrogens with zero attached hydrogens (tertiary/aromatic N) is 1. The zero-order chi connectivity index (χ0) is 20.3. The van der Waals surface area contributed by atoms with Crippen molar-refractivity contribution in [2.24, 2.45) is 0 Å². The molecular formula is C20H17FN2O5. The summed E-state index contributed by atoms with van der Waals surface area (Å²) in [5.74, 6) is -2.50. The van der Waals surface area contributed by atoms with Crippen LogP contribution in [0.1, 0.15) is 10.4 Å². The van der Waals surface area contributed by atoms with Crippen LogP contribution in [0.15, 0.2) is 54.2 Å². The van der Waals surface area contributed by atoms with E-state index in [2.05, 4.69) is 10.1 Å². The highest BCUT2D eigenvalue weighted by atomic mass is 19.1. The zero-order valence-electron chi connectivity index (χ0n) is 14.9. The van der Waals surface area contributed by atoms with E-state index < -0.39 is 23.6 Å². The highest BCUT2D eigenvalue weighted by molar-refractivity contribution is 6.17. The lowest BCUT2D eigenvalue weighted by Crippen LogP contribution is -2.34. The molecule has 2 N–H and O–H groups in total. The van der Waals surface area contributed by atoms with E-state index >= 15 is 0 Å². The largest absolute Gasteiger partial charge is 0.465 e. The molecule has 144 valence electrons. The highest BCUT2D eigenvalue weighted by Crippen LogP contribution is 2.26. The van der Waals surface area contributed by atoms with Gasteiger partial charge in [0.2, 0.25) is 0 Å². The molecule has 0 spiro atoms. The smallest absolute Gasteiger partial charge is 0.340 e. The molecule has 8 heteroatoms. The molecule has 0 fully saturated rings. The number of hydrogen-bond donors (Lipinski definition) is 2. The van der Waals surface area contributed by atoms with E-state index in [-0.39, 0.29) is 24.4 Å². The Morgan fingerprint density at radius 1 is 1.18 bits per heavy atom. The number of benzene rings is 2. The predicted octanol–water partition coefficient (Wildman–Crippen LogP) is 1.94. The second kappa shape index (κ2) is 8.01. The maximum atomic E-state index is 13.8. The van der Waals surface area contributed by atoms with Crippen molar-refractivity contribution in [3.63, 3.8) is 0 Å². The molecule has 0 aromatic heterocycles. The summed E-state index contributed by atoms with van der Waals surface area (Å²) in [5, 5.41) is 11.8. The van der Waals surface area contributed by atoms with E-state index in [1.807, 2.05) is 0 Å². The van der Waals surface area contributed by atoms with Crippen LogP contribution in [0.5, 0.6) is 0 Å². The number of carbonyl (C=O) groups is 3. The van der Waals surface area contributed by atoms with Gasteiger partial charge in [0.05, 0.1) is 25.8 Å². The molecule has 1 aliphatic heterocycles. The minimum Gasteiger partial charge on any atom is -0.465 e. The number of hydrogen-bond acceptors (Lipinski definition) is 6. The van der Waals surface area contributed by atoms with Crippen molar-refractivity contribution < 1.29 is 28.6 Å². The number of amides is 2. The molecule has 3 rings (SSSR count). The van der Waals surface area contributed by atoms with Crippen molar-refractivity contribution in [2.75, 3.05) is 25.6 Å². The third-order valence-electron chi connectivity index (χ3n) is 4.18. The molecule has 2 aromatic rings. The van der Waals surface area contributed by atoms with Crippen molar-refractivity contribution in [3.8, 4) is 11.1 Å². The summed E-state index contributed by atoms with van der Waals surface area (Å²) >= 11 is 0. The molecule has 1 heterocycles. The Morgan fingerprint density at radius 2 is 1.93 bits per heavy atom. The quantitative estimate of drug-likeness (QED) is 0.584. The Bertz CT molecular complexity index is 986. The molecule has 1 aliphatic rings. The van der Waals surface area contributed by atoms with Crippen LogP contribution in [0, 0.1) is 5.82 Å². The Hall–Kier alpha value is -3.52. The van der Waals surface area contributed by atoms with Crippen LogP contribution in [-0.4, -0.2) is 48.1 Å². The summed E-state index contributed by atoms with van der Waals surface area (Å²) < 4.78 is 18.4. The molecule has 0 atom stereocenters. The van der Waals surface area contributed by atoms with Gasteiger partial charge in [-0.25, -0.2) is 9.18 Å². The first-order chi connectivity index (χ1) is 13.4. The minimum absolute atomic E-state index is 0.0781. The molecule has 0 radical (unpaired) electrons. The number of anilines is 1. The van der Waals surface area contributed by atoms with Crippen LogP contribution in [-0.2, 0) is 14.3 Å². The summed E-state index contributed by atoms with van der Waals surface area (Å²) in [6.07, 6.45) is 1.16. The number of halogens is 1. The molecule has 0 saturated heterocycles. The molecule has 2 aromatic carbocycles. The third kappa shape index (κ3) is 3.77. The first-order valence-corrected chi connectivity index (χ1v) is 8.38. The van der Waals surface area contributed by atoms with Crippen molar-refractivity contribution in [1.82, 2.24) is 4.90 Å². The SMILES string of the molecule is COC(=O)c1cc(-c2cccc(NC3=CC(=O)N(CCO)C3=O)c2)ccc1F. The summed E-state index contributed by atoms with van der Waals surface area (Å²) in [6, 6.07) is 10.9. The number of methoxy groups -OCH3 is 1. The lowest BCUT2D eigenvalue weighted by Gasteiger charge is -2.14. The second-order valence-electron chi connectivity index (χ2n) is 5.97. The first kappa shape index (κ1) is 19.2. The number of esters is 1. The number of ether oxygens (including phenoxy) is 1. The number of rotatable bonds is 6. The number of β-amino-alcohol motifs (C(OH)–C–C–N with tert-alkyl or cyclic N) is 1. The lowest BCUT2D eigenvalue weighted by atomic mass is 10.0. The Kier molecular flexibility index (Phi) is 5.51. The fourth-order valence-corrected chi connectivity index (χ4v) is 2.81. The Balaban J connectivity index is 1.86. The van der Waals surface area contributed by atoms with Crippen LogP contribution in [0.4, 0.5) is 10.1 Å². The number of aliphatic hydroxyl groups is 1. The fraction of sp³-hybridized carbons (Fsp3) is 0.150. The van der Waals surface area contributed by atoms with E-state index in [0.717, 1.165) is 11.0 Å². The van der Waals surface area contributed by atoms with E-state index in [1.165, 1.54) is 25.3 Å². The van der Waals surface area contributed by atoms with Crippen LogP contribution < -0.4 is 5.32 Å². The van der Waals surface area contributed by atoms with Crippen LogP contribution in [0.25, 0.3) is 11.1 Å². The van der Waals surface area contributed by atoms with Gasteiger partial charge in [-0.1, -0.05) is 18.2 Å². The van der Waals surface area contributed by atoms with Gasteiger partial charge in [-0.15, -0.1) is 0 Å². The summed E-state index contributed by atoms with van der Waals surface area (Å²) in [7, 11) is 1.17. The van der Waals surface area contributed by atoms with E-state index in [1.54, 1.807) is 24.3 Å². The molecule has 28 heavy (non-hydrogen) atoms. The average molecular weight is 384 g/mol. The van der Waals surface area contributed by atoms with Gasteiger partial charge < -0.3 is 15.2 Å². The summed E-state index contributed by atoms with van der Waals surface area (Å²) in [5.41, 5.74) is 1.68. The average Bonchev–Trinajstić information content (AvgIpc) is 2.95. The standard InChI is InChI=1S/C20H17FN2O5/c1-28-20(27)15-10-13(5-6-16(15)21)12-3-2-4-14(9-12)22-17-11-18(25)23(7-8-24)19(17)26/h2-6,9-11,22,24H,7-8H2,1H3. The van der Waals surface area contributed by atoms with Crippen molar-refractivity contribution in [1.29, 1.82) is 0 Å². The van der Waals surface area contributed by atoms with Crippen LogP contribution >= 0.6 is 0 Å². The first-order valence-electron chi connectivity index (χ1n) is 8.38. The topological polar surface area (TPSA) is 95.9 Å². The summed E-state index contributed by atoms with van der Waals surface area (Å²) in [6.45, 7) is -0.396. The minimum atomic E-state index is -0.780. The van der Waals surface area contributed by atoms with Gasteiger partial charge in [0.15, 0.2) is 0 Å². The van der Waals surface area contributed by atoms with E-state index in [9.17, 15) is 18.8 Å². The maximum absolute atomic E-state index is 13.8. The fourth-order valence-electron chi connectivity index (χ4n) is 2.81. The second-order valence-corrected chi connectivity index (χ2v) is 5.97. The Labute approximate surface area is 160 Å². The van der Waals surface area contributed by atoms with Gasteiger partial charge in [-0.05, 0) is 35.4 Å². The van der Waals surface area contributed by atoms with Gasteiger partial charge in [0.25, 0.3) is 11.8 Å². The van der Waals surface area contributed by atoms with Gasteiger partial charge in [-0.2, -0.15) is 0 Å². The van der Waals surface area contributed by atoms with Crippen molar-refractivity contribution in [2.45, 2.75) is 0 Å². The maximum Gasteiger partial charge on any atom is 0.340 e.